The summed E-state index contributed by atoms with van der Waals surface area (Å²) in [5.41, 5.74) is 1.15. The molecule has 0 radical (unpaired) electrons. The minimum absolute atomic E-state index is 0.258. The molecular weight excluding hydrogens is 292 g/mol. The normalized spacial score (nSPS) is 20.8. The van der Waals surface area contributed by atoms with E-state index in [0.717, 1.165) is 43.2 Å². The van der Waals surface area contributed by atoms with Crippen molar-refractivity contribution in [1.29, 1.82) is 0 Å². The van der Waals surface area contributed by atoms with Gasteiger partial charge in [0.25, 0.3) is 0 Å². The number of ether oxygens (including phenoxy) is 1. The third kappa shape index (κ3) is 2.94. The molecule has 0 saturated carbocycles. The summed E-state index contributed by atoms with van der Waals surface area (Å²) in [6.07, 6.45) is 2.33. The van der Waals surface area contributed by atoms with E-state index in [2.05, 4.69) is 20.9 Å². The summed E-state index contributed by atoms with van der Waals surface area (Å²) < 4.78 is 5.80. The van der Waals surface area contributed by atoms with Gasteiger partial charge in [-0.1, -0.05) is 18.2 Å². The summed E-state index contributed by atoms with van der Waals surface area (Å²) >= 11 is 0. The van der Waals surface area contributed by atoms with Gasteiger partial charge in [-0.3, -0.25) is 0 Å². The molecule has 1 atom stereocenters. The van der Waals surface area contributed by atoms with Crippen molar-refractivity contribution in [3.63, 3.8) is 0 Å². The van der Waals surface area contributed by atoms with E-state index in [1.165, 1.54) is 0 Å². The molecule has 6 nitrogen and oxygen atoms in total. The van der Waals surface area contributed by atoms with Crippen LogP contribution >= 0.6 is 0 Å². The zero-order valence-electron chi connectivity index (χ0n) is 12.9. The van der Waals surface area contributed by atoms with Gasteiger partial charge in [0.15, 0.2) is 0 Å². The number of hydrogen-bond donors (Lipinski definition) is 1. The van der Waals surface area contributed by atoms with Crippen LogP contribution in [0.5, 0.6) is 5.75 Å². The van der Waals surface area contributed by atoms with E-state index in [9.17, 15) is 5.11 Å². The molecule has 1 unspecified atom stereocenters. The fourth-order valence-electron chi connectivity index (χ4n) is 3.11. The fraction of sp³-hybridized carbons (Fsp3) is 0.412. The Morgan fingerprint density at radius 1 is 1.13 bits per heavy atom. The van der Waals surface area contributed by atoms with Crippen molar-refractivity contribution in [2.45, 2.75) is 19.1 Å². The maximum Gasteiger partial charge on any atom is 0.227 e. The van der Waals surface area contributed by atoms with Crippen LogP contribution in [0, 0.1) is 0 Å². The number of β-amino-alcohol motifs (C(OH)–C–C–N with tert-alkyl or cyclic N) is 1. The number of nitrogens with zero attached hydrogens (tertiary/aromatic N) is 4. The number of aromatic nitrogens is 2. The minimum Gasteiger partial charge on any atom is -0.491 e. The lowest BCUT2D eigenvalue weighted by Crippen LogP contribution is -2.28. The van der Waals surface area contributed by atoms with Crippen molar-refractivity contribution in [1.82, 2.24) is 9.97 Å². The largest absolute Gasteiger partial charge is 0.491 e. The molecule has 2 aliphatic heterocycles. The number of rotatable bonds is 2. The van der Waals surface area contributed by atoms with Crippen LogP contribution in [-0.2, 0) is 6.54 Å². The molecule has 4 rings (SSSR count). The first kappa shape index (κ1) is 14.3. The Bertz CT molecular complexity index is 694. The molecule has 1 aromatic carbocycles. The molecule has 1 N–H and O–H groups in total. The van der Waals surface area contributed by atoms with Crippen LogP contribution in [0.1, 0.15) is 12.0 Å². The summed E-state index contributed by atoms with van der Waals surface area (Å²) in [6, 6.07) is 10.00. The maximum atomic E-state index is 9.71. The van der Waals surface area contributed by atoms with Gasteiger partial charge in [0, 0.05) is 31.4 Å². The van der Waals surface area contributed by atoms with Crippen molar-refractivity contribution < 1.29 is 9.84 Å². The van der Waals surface area contributed by atoms with Crippen LogP contribution in [0.15, 0.2) is 36.5 Å². The molecule has 0 bridgehead atoms. The summed E-state index contributed by atoms with van der Waals surface area (Å²) in [7, 11) is 0. The van der Waals surface area contributed by atoms with Crippen LogP contribution in [0.3, 0.4) is 0 Å². The van der Waals surface area contributed by atoms with Crippen molar-refractivity contribution in [2.75, 3.05) is 36.0 Å². The molecule has 1 aromatic heterocycles. The highest BCUT2D eigenvalue weighted by atomic mass is 16.5. The molecule has 2 aromatic rings. The van der Waals surface area contributed by atoms with Crippen molar-refractivity contribution >= 4 is 11.8 Å². The lowest BCUT2D eigenvalue weighted by molar-refractivity contribution is 0.198. The second-order valence-corrected chi connectivity index (χ2v) is 5.98. The highest BCUT2D eigenvalue weighted by Crippen LogP contribution is 2.26. The van der Waals surface area contributed by atoms with Crippen molar-refractivity contribution in [2.24, 2.45) is 0 Å². The first-order chi connectivity index (χ1) is 11.3. The molecule has 6 heteroatoms. The van der Waals surface area contributed by atoms with Gasteiger partial charge in [0.05, 0.1) is 12.6 Å². The Labute approximate surface area is 135 Å². The Balaban J connectivity index is 1.58. The van der Waals surface area contributed by atoms with Crippen LogP contribution in [0.4, 0.5) is 11.8 Å². The first-order valence-electron chi connectivity index (χ1n) is 8.01. The van der Waals surface area contributed by atoms with E-state index in [4.69, 9.17) is 9.72 Å². The average Bonchev–Trinajstić information content (AvgIpc) is 2.90. The van der Waals surface area contributed by atoms with E-state index >= 15 is 0 Å². The fourth-order valence-corrected chi connectivity index (χ4v) is 3.11. The Morgan fingerprint density at radius 3 is 2.91 bits per heavy atom. The van der Waals surface area contributed by atoms with Gasteiger partial charge < -0.3 is 19.6 Å². The van der Waals surface area contributed by atoms with Gasteiger partial charge in [-0.05, 0) is 18.6 Å². The second-order valence-electron chi connectivity index (χ2n) is 5.98. The monoisotopic (exact) mass is 312 g/mol. The molecule has 23 heavy (non-hydrogen) atoms. The number of hydrogen-bond acceptors (Lipinski definition) is 6. The molecule has 0 spiro atoms. The van der Waals surface area contributed by atoms with E-state index in [1.807, 2.05) is 24.3 Å². The first-order valence-corrected chi connectivity index (χ1v) is 8.01. The van der Waals surface area contributed by atoms with Gasteiger partial charge in [-0.15, -0.1) is 0 Å². The number of para-hydroxylation sites is 1. The Morgan fingerprint density at radius 2 is 2.04 bits per heavy atom. The van der Waals surface area contributed by atoms with Gasteiger partial charge in [0.1, 0.15) is 18.2 Å². The molecule has 1 fully saturated rings. The lowest BCUT2D eigenvalue weighted by Gasteiger charge is -2.22. The number of fused-ring (bicyclic) bond motifs is 1. The second kappa shape index (κ2) is 6.04. The molecule has 0 aliphatic carbocycles. The predicted molar refractivity (Wildman–Crippen MR) is 87.9 cm³/mol. The molecule has 0 amide bonds. The third-order valence-corrected chi connectivity index (χ3v) is 4.35. The Kier molecular flexibility index (Phi) is 3.75. The van der Waals surface area contributed by atoms with Crippen molar-refractivity contribution in [3.8, 4) is 5.75 Å². The van der Waals surface area contributed by atoms with Gasteiger partial charge in [0.2, 0.25) is 5.95 Å². The zero-order valence-corrected chi connectivity index (χ0v) is 12.9. The third-order valence-electron chi connectivity index (χ3n) is 4.35. The van der Waals surface area contributed by atoms with Crippen LogP contribution in [0.2, 0.25) is 0 Å². The Hall–Kier alpha value is -2.34. The summed E-state index contributed by atoms with van der Waals surface area (Å²) in [5.74, 6) is 2.53. The number of aliphatic hydroxyl groups excluding tert-OH is 1. The number of benzene rings is 1. The highest BCUT2D eigenvalue weighted by molar-refractivity contribution is 5.46. The summed E-state index contributed by atoms with van der Waals surface area (Å²) in [4.78, 5) is 13.4. The smallest absolute Gasteiger partial charge is 0.227 e. The quantitative estimate of drug-likeness (QED) is 0.905. The standard InChI is InChI=1S/C17H20N4O2/c22-14-6-8-20(12-14)16-5-7-18-17(19-16)21-9-10-23-15-4-2-1-3-13(15)11-21/h1-5,7,14,22H,6,8-12H2. The van der Waals surface area contributed by atoms with Gasteiger partial charge in [-0.25, -0.2) is 4.98 Å². The average molecular weight is 312 g/mol. The topological polar surface area (TPSA) is 61.7 Å². The van der Waals surface area contributed by atoms with Gasteiger partial charge >= 0.3 is 0 Å². The molecule has 3 heterocycles. The molecular formula is C17H20N4O2. The number of anilines is 2. The lowest BCUT2D eigenvalue weighted by atomic mass is 10.2. The predicted octanol–water partition coefficient (Wildman–Crippen LogP) is 1.45. The van der Waals surface area contributed by atoms with E-state index in [1.54, 1.807) is 6.20 Å². The van der Waals surface area contributed by atoms with Crippen LogP contribution < -0.4 is 14.5 Å². The summed E-state index contributed by atoms with van der Waals surface area (Å²) in [5, 5.41) is 9.71. The van der Waals surface area contributed by atoms with Gasteiger partial charge in [-0.2, -0.15) is 4.98 Å². The maximum absolute atomic E-state index is 9.71. The number of aliphatic hydroxyl groups is 1. The minimum atomic E-state index is -0.258. The molecule has 2 aliphatic rings. The SMILES string of the molecule is OC1CCN(c2ccnc(N3CCOc4ccccc4C3)n2)C1. The zero-order chi connectivity index (χ0) is 15.6. The van der Waals surface area contributed by atoms with E-state index < -0.39 is 0 Å². The van der Waals surface area contributed by atoms with E-state index in [0.29, 0.717) is 19.1 Å². The van der Waals surface area contributed by atoms with E-state index in [-0.39, 0.29) is 6.10 Å². The van der Waals surface area contributed by atoms with Crippen LogP contribution in [-0.4, -0.2) is 47.4 Å². The molecule has 120 valence electrons. The highest BCUT2D eigenvalue weighted by Gasteiger charge is 2.23. The molecule has 1 saturated heterocycles. The van der Waals surface area contributed by atoms with Crippen molar-refractivity contribution in [3.05, 3.63) is 42.1 Å². The van der Waals surface area contributed by atoms with Crippen LogP contribution in [0.25, 0.3) is 0 Å². The summed E-state index contributed by atoms with van der Waals surface area (Å²) in [6.45, 7) is 3.59.